The molecule has 14 rings (SSSR count). The van der Waals surface area contributed by atoms with Crippen LogP contribution in [0.4, 0.5) is 17.1 Å². The molecule has 0 radical (unpaired) electrons. The Morgan fingerprint density at radius 2 is 0.773 bits per heavy atom. The number of rotatable bonds is 9. The van der Waals surface area contributed by atoms with Gasteiger partial charge in [-0.1, -0.05) is 190 Å². The smallest absolute Gasteiger partial charge is 0.0544 e. The summed E-state index contributed by atoms with van der Waals surface area (Å²) in [6.45, 7) is 4.80. The first-order valence-electron chi connectivity index (χ1n) is 26.1. The maximum absolute atomic E-state index is 2.50. The van der Waals surface area contributed by atoms with Crippen molar-refractivity contribution in [2.75, 3.05) is 4.90 Å². The van der Waals surface area contributed by atoms with E-state index in [0.29, 0.717) is 0 Å². The Morgan fingerprint density at radius 3 is 1.43 bits per heavy atom. The summed E-state index contributed by atoms with van der Waals surface area (Å²) in [6.07, 6.45) is 0. The first-order chi connectivity index (χ1) is 36.9. The van der Waals surface area contributed by atoms with Crippen LogP contribution in [-0.2, 0) is 5.41 Å². The number of para-hydroxylation sites is 3. The molecule has 0 saturated heterocycles. The summed E-state index contributed by atoms with van der Waals surface area (Å²) in [7, 11) is 0. The van der Waals surface area contributed by atoms with Crippen molar-refractivity contribution in [3.05, 3.63) is 290 Å². The molecule has 12 aromatic carbocycles. The molecule has 0 unspecified atom stereocenters. The monoisotopic (exact) mass is 956 g/mol. The first kappa shape index (κ1) is 44.2. The highest BCUT2D eigenvalue weighted by Crippen LogP contribution is 2.53. The third-order valence-corrected chi connectivity index (χ3v) is 15.7. The molecule has 1 heterocycles. The van der Waals surface area contributed by atoms with E-state index in [2.05, 4.69) is 302 Å². The van der Waals surface area contributed by atoms with Crippen molar-refractivity contribution in [3.63, 3.8) is 0 Å². The van der Waals surface area contributed by atoms with Crippen molar-refractivity contribution < 1.29 is 0 Å². The van der Waals surface area contributed by atoms with Crippen LogP contribution in [0.5, 0.6) is 0 Å². The number of hydrogen-bond donors (Lipinski definition) is 0. The fourth-order valence-corrected chi connectivity index (χ4v) is 12.0. The van der Waals surface area contributed by atoms with Crippen molar-refractivity contribution in [1.29, 1.82) is 0 Å². The Kier molecular flexibility index (Phi) is 10.6. The second-order valence-corrected chi connectivity index (χ2v) is 20.5. The molecule has 0 aliphatic heterocycles. The summed E-state index contributed by atoms with van der Waals surface area (Å²) >= 11 is 0. The molecule has 1 aliphatic rings. The predicted octanol–water partition coefficient (Wildman–Crippen LogP) is 20.0. The van der Waals surface area contributed by atoms with E-state index in [1.54, 1.807) is 0 Å². The first-order valence-corrected chi connectivity index (χ1v) is 26.1. The minimum absolute atomic E-state index is 0.256. The minimum Gasteiger partial charge on any atom is -0.310 e. The van der Waals surface area contributed by atoms with Crippen LogP contribution in [0.15, 0.2) is 279 Å². The summed E-state index contributed by atoms with van der Waals surface area (Å²) in [4.78, 5) is 2.37. The van der Waals surface area contributed by atoms with Crippen LogP contribution in [-0.4, -0.2) is 4.57 Å². The standard InChI is InChI=1S/C73H52N2/c1-73(2)69-46-62(74(59-28-11-5-12-29-59)60-30-13-6-14-31-60)37-38-65(69)67-47-68-66-34-17-18-36-71(66)75(72(68)48-70(67)73)61-32-19-27-52(45-61)55-42-57(44-58(43-55)64-35-20-26-51-25-15-16-33-63(51)64)56-40-53(49-21-7-3-8-22-49)39-54(41-56)50-23-9-4-10-24-50/h3-48H,1-2H3. The van der Waals surface area contributed by atoms with E-state index in [9.17, 15) is 0 Å². The number of nitrogens with zero attached hydrogens (tertiary/aromatic N) is 2. The molecule has 0 fully saturated rings. The summed E-state index contributed by atoms with van der Waals surface area (Å²) in [5.74, 6) is 0. The van der Waals surface area contributed by atoms with Crippen LogP contribution in [0.1, 0.15) is 25.0 Å². The highest BCUT2D eigenvalue weighted by molar-refractivity contribution is 6.12. The molecular weight excluding hydrogens is 905 g/mol. The van der Waals surface area contributed by atoms with Gasteiger partial charge in [0.1, 0.15) is 0 Å². The van der Waals surface area contributed by atoms with Crippen LogP contribution < -0.4 is 4.90 Å². The van der Waals surface area contributed by atoms with Gasteiger partial charge < -0.3 is 9.47 Å². The Balaban J connectivity index is 0.929. The molecule has 13 aromatic rings. The van der Waals surface area contributed by atoms with Crippen LogP contribution in [0.2, 0.25) is 0 Å². The van der Waals surface area contributed by atoms with Crippen molar-refractivity contribution in [2.45, 2.75) is 19.3 Å². The number of fused-ring (bicyclic) bond motifs is 7. The molecule has 0 bridgehead atoms. The van der Waals surface area contributed by atoms with Gasteiger partial charge in [0.2, 0.25) is 0 Å². The number of aromatic nitrogens is 1. The second kappa shape index (κ2) is 17.9. The van der Waals surface area contributed by atoms with Gasteiger partial charge in [0.25, 0.3) is 0 Å². The lowest BCUT2D eigenvalue weighted by Gasteiger charge is -2.28. The summed E-state index contributed by atoms with van der Waals surface area (Å²) in [5.41, 5.74) is 23.8. The molecule has 75 heavy (non-hydrogen) atoms. The van der Waals surface area contributed by atoms with Gasteiger partial charge >= 0.3 is 0 Å². The van der Waals surface area contributed by atoms with Crippen molar-refractivity contribution >= 4 is 49.6 Å². The average Bonchev–Trinajstić information content (AvgIpc) is 3.94. The van der Waals surface area contributed by atoms with Crippen LogP contribution in [0, 0.1) is 0 Å². The molecule has 0 saturated carbocycles. The molecule has 2 nitrogen and oxygen atoms in total. The van der Waals surface area contributed by atoms with E-state index in [1.807, 2.05) is 0 Å². The average molecular weight is 957 g/mol. The molecular formula is C73H52N2. The number of benzene rings is 12. The Hall–Kier alpha value is -9.50. The summed E-state index contributed by atoms with van der Waals surface area (Å²) in [5, 5.41) is 4.97. The summed E-state index contributed by atoms with van der Waals surface area (Å²) < 4.78 is 2.50. The molecule has 0 N–H and O–H groups in total. The van der Waals surface area contributed by atoms with Crippen molar-refractivity contribution in [1.82, 2.24) is 4.57 Å². The quantitative estimate of drug-likeness (QED) is 0.140. The molecule has 0 spiro atoms. The van der Waals surface area contributed by atoms with Gasteiger partial charge in [-0.2, -0.15) is 0 Å². The third kappa shape index (κ3) is 7.65. The molecule has 2 heteroatoms. The number of hydrogen-bond acceptors (Lipinski definition) is 1. The third-order valence-electron chi connectivity index (χ3n) is 15.7. The normalized spacial score (nSPS) is 12.5. The molecule has 0 atom stereocenters. The lowest BCUT2D eigenvalue weighted by molar-refractivity contribution is 0.661. The highest BCUT2D eigenvalue weighted by atomic mass is 15.1. The Morgan fingerprint density at radius 1 is 0.280 bits per heavy atom. The lowest BCUT2D eigenvalue weighted by Crippen LogP contribution is -2.16. The Labute approximate surface area is 438 Å². The van der Waals surface area contributed by atoms with Crippen molar-refractivity contribution in [3.8, 4) is 72.4 Å². The van der Waals surface area contributed by atoms with Gasteiger partial charge in [-0.15, -0.1) is 0 Å². The van der Waals surface area contributed by atoms with Gasteiger partial charge in [0.05, 0.1) is 11.0 Å². The van der Waals surface area contributed by atoms with Crippen LogP contribution >= 0.6 is 0 Å². The van der Waals surface area contributed by atoms with Gasteiger partial charge in [-0.25, -0.2) is 0 Å². The van der Waals surface area contributed by atoms with E-state index in [-0.39, 0.29) is 5.41 Å². The lowest BCUT2D eigenvalue weighted by atomic mass is 9.82. The molecule has 1 aromatic heterocycles. The largest absolute Gasteiger partial charge is 0.310 e. The van der Waals surface area contributed by atoms with Crippen LogP contribution in [0.25, 0.3) is 105 Å². The molecule has 354 valence electrons. The van der Waals surface area contributed by atoms with E-state index in [4.69, 9.17) is 0 Å². The van der Waals surface area contributed by atoms with E-state index >= 15 is 0 Å². The van der Waals surface area contributed by atoms with Gasteiger partial charge in [0.15, 0.2) is 0 Å². The fourth-order valence-electron chi connectivity index (χ4n) is 12.0. The van der Waals surface area contributed by atoms with Crippen LogP contribution in [0.3, 0.4) is 0 Å². The van der Waals surface area contributed by atoms with E-state index in [0.717, 1.165) is 33.9 Å². The SMILES string of the molecule is CC1(C)c2cc(N(c3ccccc3)c3ccccc3)ccc2-c2cc3c4ccccc4n(-c4cccc(-c5cc(-c6cc(-c7ccccc7)cc(-c7ccccc7)c6)cc(-c6cccc7ccccc67)c5)c4)c3cc21. The van der Waals surface area contributed by atoms with Gasteiger partial charge in [-0.05, 0) is 192 Å². The minimum atomic E-state index is -0.256. The highest BCUT2D eigenvalue weighted by Gasteiger charge is 2.37. The summed E-state index contributed by atoms with van der Waals surface area (Å²) in [6, 6.07) is 103. The maximum Gasteiger partial charge on any atom is 0.0544 e. The van der Waals surface area contributed by atoms with E-state index in [1.165, 1.54) is 99.3 Å². The maximum atomic E-state index is 2.50. The zero-order valence-electron chi connectivity index (χ0n) is 42.0. The van der Waals surface area contributed by atoms with Gasteiger partial charge in [0, 0.05) is 38.9 Å². The zero-order chi connectivity index (χ0) is 50.0. The fraction of sp³-hybridized carbons (Fsp3) is 0.0411. The zero-order valence-corrected chi connectivity index (χ0v) is 42.0. The van der Waals surface area contributed by atoms with Gasteiger partial charge in [-0.3, -0.25) is 0 Å². The second-order valence-electron chi connectivity index (χ2n) is 20.5. The van der Waals surface area contributed by atoms with Crippen molar-refractivity contribution in [2.24, 2.45) is 0 Å². The Bertz CT molecular complexity index is 4200. The van der Waals surface area contributed by atoms with E-state index < -0.39 is 0 Å². The predicted molar refractivity (Wildman–Crippen MR) is 318 cm³/mol. The topological polar surface area (TPSA) is 8.17 Å². The molecule has 0 amide bonds. The number of anilines is 3. The molecule has 1 aliphatic carbocycles.